The number of aliphatic carboxylic acids is 1. The molecular formula is C17H22FNO3. The molecule has 2 unspecified atom stereocenters. The van der Waals surface area contributed by atoms with Crippen LogP contribution in [-0.4, -0.2) is 34.0 Å². The molecule has 0 spiro atoms. The van der Waals surface area contributed by atoms with Crippen LogP contribution in [0.15, 0.2) is 24.3 Å². The number of hydrogen-bond acceptors (Lipinski definition) is 2. The van der Waals surface area contributed by atoms with Crippen molar-refractivity contribution in [2.75, 3.05) is 0 Å². The van der Waals surface area contributed by atoms with Gasteiger partial charge < -0.3 is 10.0 Å². The Bertz CT molecular complexity index is 557. The fourth-order valence-corrected chi connectivity index (χ4v) is 2.75. The zero-order chi connectivity index (χ0) is 16.3. The van der Waals surface area contributed by atoms with Crippen molar-refractivity contribution in [1.82, 2.24) is 4.90 Å². The highest BCUT2D eigenvalue weighted by Crippen LogP contribution is 2.30. The first kappa shape index (κ1) is 16.5. The zero-order valence-corrected chi connectivity index (χ0v) is 13.0. The monoisotopic (exact) mass is 307 g/mol. The maximum Gasteiger partial charge on any atom is 0.326 e. The van der Waals surface area contributed by atoms with Crippen LogP contribution < -0.4 is 0 Å². The van der Waals surface area contributed by atoms with Crippen LogP contribution in [0.25, 0.3) is 0 Å². The van der Waals surface area contributed by atoms with Crippen molar-refractivity contribution in [1.29, 1.82) is 0 Å². The van der Waals surface area contributed by atoms with Crippen molar-refractivity contribution < 1.29 is 19.1 Å². The zero-order valence-electron chi connectivity index (χ0n) is 13.0. The van der Waals surface area contributed by atoms with Crippen LogP contribution >= 0.6 is 0 Å². The molecule has 1 aromatic rings. The molecule has 120 valence electrons. The normalized spacial score (nSPS) is 16.9. The summed E-state index contributed by atoms with van der Waals surface area (Å²) in [5.41, 5.74) is 0.851. The van der Waals surface area contributed by atoms with E-state index in [1.807, 2.05) is 13.0 Å². The molecule has 5 heteroatoms. The topological polar surface area (TPSA) is 57.6 Å². The summed E-state index contributed by atoms with van der Waals surface area (Å²) in [4.78, 5) is 25.1. The Kier molecular flexibility index (Phi) is 5.16. The first-order valence-corrected chi connectivity index (χ1v) is 7.67. The van der Waals surface area contributed by atoms with E-state index < -0.39 is 12.0 Å². The number of carboxylic acid groups (broad SMARTS) is 1. The Labute approximate surface area is 129 Å². The van der Waals surface area contributed by atoms with Crippen LogP contribution in [0.2, 0.25) is 0 Å². The van der Waals surface area contributed by atoms with Gasteiger partial charge in [0.05, 0.1) is 0 Å². The van der Waals surface area contributed by atoms with E-state index in [-0.39, 0.29) is 30.1 Å². The minimum Gasteiger partial charge on any atom is -0.480 e. The second kappa shape index (κ2) is 6.90. The van der Waals surface area contributed by atoms with E-state index in [1.54, 1.807) is 13.0 Å². The lowest BCUT2D eigenvalue weighted by atomic mass is 9.97. The summed E-state index contributed by atoms with van der Waals surface area (Å²) >= 11 is 0. The van der Waals surface area contributed by atoms with E-state index in [1.165, 1.54) is 17.0 Å². The van der Waals surface area contributed by atoms with Crippen LogP contribution in [0.5, 0.6) is 0 Å². The SMILES string of the molecule is CC(CC(=O)N(C1CC1)C(C)C(=O)O)Cc1cccc(F)c1. The molecule has 1 aliphatic rings. The number of rotatable bonds is 7. The number of carboxylic acids is 1. The van der Waals surface area contributed by atoms with Crippen LogP contribution in [0.3, 0.4) is 0 Å². The largest absolute Gasteiger partial charge is 0.480 e. The Morgan fingerprint density at radius 2 is 2.05 bits per heavy atom. The van der Waals surface area contributed by atoms with Crippen molar-refractivity contribution in [2.24, 2.45) is 5.92 Å². The van der Waals surface area contributed by atoms with Gasteiger partial charge >= 0.3 is 5.97 Å². The molecule has 1 amide bonds. The van der Waals surface area contributed by atoms with Gasteiger partial charge in [-0.25, -0.2) is 9.18 Å². The molecule has 0 bridgehead atoms. The van der Waals surface area contributed by atoms with E-state index >= 15 is 0 Å². The molecule has 0 aromatic heterocycles. The number of hydrogen-bond donors (Lipinski definition) is 1. The van der Waals surface area contributed by atoms with Gasteiger partial charge in [0.25, 0.3) is 0 Å². The Morgan fingerprint density at radius 1 is 1.36 bits per heavy atom. The highest BCUT2D eigenvalue weighted by atomic mass is 19.1. The Morgan fingerprint density at radius 3 is 2.59 bits per heavy atom. The van der Waals surface area contributed by atoms with E-state index in [4.69, 9.17) is 5.11 Å². The summed E-state index contributed by atoms with van der Waals surface area (Å²) in [6.45, 7) is 3.48. The van der Waals surface area contributed by atoms with Gasteiger partial charge in [0.2, 0.25) is 5.91 Å². The standard InChI is InChI=1S/C17H22FNO3/c1-11(8-13-4-3-5-14(18)10-13)9-16(20)19(15-6-7-15)12(2)17(21)22/h3-5,10-12,15H,6-9H2,1-2H3,(H,21,22). The summed E-state index contributed by atoms with van der Waals surface area (Å²) in [7, 11) is 0. The van der Waals surface area contributed by atoms with Crippen molar-refractivity contribution >= 4 is 11.9 Å². The van der Waals surface area contributed by atoms with E-state index in [0.717, 1.165) is 18.4 Å². The van der Waals surface area contributed by atoms with Crippen LogP contribution in [0, 0.1) is 11.7 Å². The third kappa shape index (κ3) is 4.29. The molecule has 0 aliphatic heterocycles. The first-order chi connectivity index (χ1) is 10.4. The third-order valence-corrected chi connectivity index (χ3v) is 4.00. The molecule has 0 saturated heterocycles. The summed E-state index contributed by atoms with van der Waals surface area (Å²) in [6, 6.07) is 5.63. The molecule has 1 aromatic carbocycles. The number of halogens is 1. The van der Waals surface area contributed by atoms with Gasteiger partial charge in [-0.2, -0.15) is 0 Å². The smallest absolute Gasteiger partial charge is 0.326 e. The summed E-state index contributed by atoms with van der Waals surface area (Å²) in [5, 5.41) is 9.14. The summed E-state index contributed by atoms with van der Waals surface area (Å²) < 4.78 is 13.2. The van der Waals surface area contributed by atoms with Gasteiger partial charge in [-0.05, 0) is 49.8 Å². The van der Waals surface area contributed by atoms with Gasteiger partial charge in [-0.3, -0.25) is 4.79 Å². The highest BCUT2D eigenvalue weighted by Gasteiger charge is 2.38. The van der Waals surface area contributed by atoms with Crippen molar-refractivity contribution in [2.45, 2.75) is 51.6 Å². The van der Waals surface area contributed by atoms with Crippen LogP contribution in [0.4, 0.5) is 4.39 Å². The minimum absolute atomic E-state index is 0.0385. The molecule has 4 nitrogen and oxygen atoms in total. The second-order valence-corrected chi connectivity index (χ2v) is 6.19. The van der Waals surface area contributed by atoms with Crippen LogP contribution in [-0.2, 0) is 16.0 Å². The second-order valence-electron chi connectivity index (χ2n) is 6.19. The lowest BCUT2D eigenvalue weighted by Gasteiger charge is -2.27. The maximum absolute atomic E-state index is 13.2. The number of carbonyl (C=O) groups excluding carboxylic acids is 1. The predicted molar refractivity (Wildman–Crippen MR) is 80.9 cm³/mol. The highest BCUT2D eigenvalue weighted by molar-refractivity contribution is 5.84. The van der Waals surface area contributed by atoms with E-state index in [0.29, 0.717) is 6.42 Å². The number of amides is 1. The van der Waals surface area contributed by atoms with Gasteiger partial charge in [0.1, 0.15) is 11.9 Å². The van der Waals surface area contributed by atoms with E-state index in [2.05, 4.69) is 0 Å². The van der Waals surface area contributed by atoms with Crippen molar-refractivity contribution in [3.8, 4) is 0 Å². The third-order valence-electron chi connectivity index (χ3n) is 4.00. The molecule has 0 radical (unpaired) electrons. The first-order valence-electron chi connectivity index (χ1n) is 7.67. The average Bonchev–Trinajstić information content (AvgIpc) is 3.23. The van der Waals surface area contributed by atoms with Crippen LogP contribution in [0.1, 0.15) is 38.7 Å². The quantitative estimate of drug-likeness (QED) is 0.842. The Balaban J connectivity index is 1.95. The molecule has 2 atom stereocenters. The molecule has 1 N–H and O–H groups in total. The molecule has 1 fully saturated rings. The predicted octanol–water partition coefficient (Wildman–Crippen LogP) is 2.86. The lowest BCUT2D eigenvalue weighted by Crippen LogP contribution is -2.45. The Hall–Kier alpha value is -1.91. The van der Waals surface area contributed by atoms with E-state index in [9.17, 15) is 14.0 Å². The van der Waals surface area contributed by atoms with Gasteiger partial charge in [-0.1, -0.05) is 19.1 Å². The van der Waals surface area contributed by atoms with Crippen molar-refractivity contribution in [3.63, 3.8) is 0 Å². The average molecular weight is 307 g/mol. The van der Waals surface area contributed by atoms with Gasteiger partial charge in [0, 0.05) is 12.5 Å². The number of carbonyl (C=O) groups is 2. The summed E-state index contributed by atoms with van der Waals surface area (Å²) in [5.74, 6) is -1.34. The fourth-order valence-electron chi connectivity index (χ4n) is 2.75. The molecule has 1 saturated carbocycles. The number of benzene rings is 1. The molecule has 22 heavy (non-hydrogen) atoms. The minimum atomic E-state index is -0.974. The molecule has 0 heterocycles. The lowest BCUT2D eigenvalue weighted by molar-refractivity contribution is -0.150. The molecule has 1 aliphatic carbocycles. The van der Waals surface area contributed by atoms with Gasteiger partial charge in [-0.15, -0.1) is 0 Å². The maximum atomic E-state index is 13.2. The molecule has 2 rings (SSSR count). The van der Waals surface area contributed by atoms with Gasteiger partial charge in [0.15, 0.2) is 0 Å². The van der Waals surface area contributed by atoms with Crippen molar-refractivity contribution in [3.05, 3.63) is 35.6 Å². The number of nitrogens with zero attached hydrogens (tertiary/aromatic N) is 1. The molecular weight excluding hydrogens is 285 g/mol. The fraction of sp³-hybridized carbons (Fsp3) is 0.529. The summed E-state index contributed by atoms with van der Waals surface area (Å²) in [6.07, 6.45) is 2.64.